The molecule has 8 heteroatoms. The molecule has 3 fully saturated rings. The highest BCUT2D eigenvalue weighted by atomic mass is 16.7. The van der Waals surface area contributed by atoms with Crippen LogP contribution < -0.4 is 0 Å². The minimum Gasteiger partial charge on any atom is -0.392 e. The van der Waals surface area contributed by atoms with E-state index in [1.807, 2.05) is 60.7 Å². The molecule has 2 aromatic rings. The van der Waals surface area contributed by atoms with Crippen LogP contribution in [0.2, 0.25) is 0 Å². The molecular weight excluding hydrogens is 548 g/mol. The minimum atomic E-state index is -1.50. The van der Waals surface area contributed by atoms with Gasteiger partial charge in [0.25, 0.3) is 0 Å². The van der Waals surface area contributed by atoms with E-state index >= 15 is 0 Å². The lowest BCUT2D eigenvalue weighted by atomic mass is 9.54. The summed E-state index contributed by atoms with van der Waals surface area (Å²) in [5, 5.41) is 11.9. The number of benzene rings is 2. The quantitative estimate of drug-likeness (QED) is 0.275. The Morgan fingerprint density at radius 1 is 1.00 bits per heavy atom. The third-order valence-electron chi connectivity index (χ3n) is 10.6. The number of methoxy groups -OCH3 is 1. The second kappa shape index (κ2) is 11.7. The molecule has 2 aromatic carbocycles. The van der Waals surface area contributed by atoms with Crippen molar-refractivity contribution < 1.29 is 38.4 Å². The van der Waals surface area contributed by atoms with Crippen molar-refractivity contribution in [2.75, 3.05) is 20.5 Å². The second-order valence-corrected chi connectivity index (χ2v) is 13.2. The van der Waals surface area contributed by atoms with Gasteiger partial charge in [-0.25, -0.2) is 0 Å². The Bertz CT molecular complexity index is 1360. The lowest BCUT2D eigenvalue weighted by Gasteiger charge is -2.59. The van der Waals surface area contributed by atoms with E-state index < -0.39 is 58.5 Å². The first-order valence-electron chi connectivity index (χ1n) is 15.2. The zero-order valence-electron chi connectivity index (χ0n) is 25.4. The number of aliphatic hydroxyl groups is 1. The van der Waals surface area contributed by atoms with E-state index in [2.05, 4.69) is 19.9 Å². The van der Waals surface area contributed by atoms with Gasteiger partial charge in [-0.2, -0.15) is 0 Å². The molecule has 8 nitrogen and oxygen atoms in total. The van der Waals surface area contributed by atoms with Crippen molar-refractivity contribution in [1.29, 1.82) is 0 Å². The number of carbonyl (C=O) groups is 2. The van der Waals surface area contributed by atoms with E-state index in [9.17, 15) is 14.7 Å². The minimum absolute atomic E-state index is 0.104. The summed E-state index contributed by atoms with van der Waals surface area (Å²) in [6.45, 7) is 6.18. The van der Waals surface area contributed by atoms with E-state index in [1.165, 1.54) is 7.11 Å². The summed E-state index contributed by atoms with van der Waals surface area (Å²) in [7, 11) is 1.49. The van der Waals surface area contributed by atoms with Gasteiger partial charge in [0.2, 0.25) is 11.6 Å². The number of ketones is 2. The van der Waals surface area contributed by atoms with E-state index in [4.69, 9.17) is 23.7 Å². The average Bonchev–Trinajstić information content (AvgIpc) is 3.32. The first kappa shape index (κ1) is 30.3. The maximum Gasteiger partial charge on any atom is 0.228 e. The molecule has 6 rings (SSSR count). The van der Waals surface area contributed by atoms with Crippen molar-refractivity contribution in [2.24, 2.45) is 22.7 Å². The van der Waals surface area contributed by atoms with E-state index in [-0.39, 0.29) is 32.3 Å². The van der Waals surface area contributed by atoms with Gasteiger partial charge in [0, 0.05) is 30.9 Å². The van der Waals surface area contributed by atoms with Crippen LogP contribution in [-0.4, -0.2) is 61.1 Å². The summed E-state index contributed by atoms with van der Waals surface area (Å²) in [6.07, 6.45) is 0.247. The van der Waals surface area contributed by atoms with E-state index in [0.717, 1.165) is 23.1 Å². The molecule has 1 heterocycles. The summed E-state index contributed by atoms with van der Waals surface area (Å²) < 4.78 is 31.1. The molecule has 0 radical (unpaired) electrons. The molecule has 1 aliphatic heterocycles. The normalized spacial score (nSPS) is 38.2. The molecule has 1 saturated heterocycles. The van der Waals surface area contributed by atoms with E-state index in [0.29, 0.717) is 6.42 Å². The Hall–Kier alpha value is -2.72. The molecule has 2 saturated carbocycles. The summed E-state index contributed by atoms with van der Waals surface area (Å²) in [5.41, 5.74) is -0.165. The van der Waals surface area contributed by atoms with Gasteiger partial charge in [0.1, 0.15) is 18.5 Å². The number of rotatable bonds is 7. The molecule has 8 atom stereocenters. The molecule has 0 aromatic heterocycles. The fraction of sp³-hybridized carbons (Fsp3) is 0.543. The largest absolute Gasteiger partial charge is 0.392 e. The molecule has 0 spiro atoms. The number of ether oxygens (including phenoxy) is 5. The number of hydrogen-bond acceptors (Lipinski definition) is 8. The van der Waals surface area contributed by atoms with Crippen LogP contribution in [0.1, 0.15) is 57.5 Å². The molecule has 4 aliphatic rings. The van der Waals surface area contributed by atoms with Gasteiger partial charge in [0.15, 0.2) is 6.29 Å². The highest BCUT2D eigenvalue weighted by Gasteiger charge is 2.68. The van der Waals surface area contributed by atoms with Crippen molar-refractivity contribution in [3.63, 3.8) is 0 Å². The maximum atomic E-state index is 14.5. The monoisotopic (exact) mass is 590 g/mol. The fourth-order valence-electron chi connectivity index (χ4n) is 7.89. The van der Waals surface area contributed by atoms with Crippen LogP contribution in [0, 0.1) is 22.7 Å². The zero-order valence-corrected chi connectivity index (χ0v) is 25.4. The summed E-state index contributed by atoms with van der Waals surface area (Å²) in [4.78, 5) is 28.6. The van der Waals surface area contributed by atoms with Crippen LogP contribution >= 0.6 is 0 Å². The number of aliphatic hydroxyl groups excluding tert-OH is 1. The molecule has 230 valence electrons. The van der Waals surface area contributed by atoms with Gasteiger partial charge < -0.3 is 28.8 Å². The van der Waals surface area contributed by atoms with Crippen LogP contribution in [-0.2, 0) is 39.9 Å². The topological polar surface area (TPSA) is 101 Å². The molecule has 1 N–H and O–H groups in total. The third-order valence-corrected chi connectivity index (χ3v) is 10.6. The first-order valence-corrected chi connectivity index (χ1v) is 15.2. The van der Waals surface area contributed by atoms with Crippen molar-refractivity contribution in [3.05, 3.63) is 83.4 Å². The number of fused-ring (bicyclic) bond motifs is 5. The highest BCUT2D eigenvalue weighted by molar-refractivity contribution is 6.41. The van der Waals surface area contributed by atoms with Crippen LogP contribution in [0.25, 0.3) is 0 Å². The van der Waals surface area contributed by atoms with Crippen molar-refractivity contribution in [1.82, 2.24) is 0 Å². The lowest BCUT2D eigenvalue weighted by Crippen LogP contribution is -2.70. The van der Waals surface area contributed by atoms with Gasteiger partial charge in [-0.1, -0.05) is 86.2 Å². The molecule has 2 bridgehead atoms. The lowest BCUT2D eigenvalue weighted by molar-refractivity contribution is -0.344. The van der Waals surface area contributed by atoms with Crippen molar-refractivity contribution in [3.8, 4) is 0 Å². The van der Waals surface area contributed by atoms with Crippen LogP contribution in [0.15, 0.2) is 72.3 Å². The Morgan fingerprint density at radius 3 is 2.40 bits per heavy atom. The van der Waals surface area contributed by atoms with Gasteiger partial charge >= 0.3 is 0 Å². The van der Waals surface area contributed by atoms with E-state index in [1.54, 1.807) is 6.92 Å². The average molecular weight is 591 g/mol. The van der Waals surface area contributed by atoms with Gasteiger partial charge in [-0.3, -0.25) is 9.59 Å². The van der Waals surface area contributed by atoms with Gasteiger partial charge in [0.05, 0.1) is 30.8 Å². The second-order valence-electron chi connectivity index (χ2n) is 13.2. The van der Waals surface area contributed by atoms with Crippen molar-refractivity contribution >= 4 is 11.6 Å². The Labute approximate surface area is 253 Å². The van der Waals surface area contributed by atoms with Crippen LogP contribution in [0.5, 0.6) is 0 Å². The predicted octanol–water partition coefficient (Wildman–Crippen LogP) is 4.95. The van der Waals surface area contributed by atoms with Crippen LogP contribution in [0.4, 0.5) is 0 Å². The summed E-state index contributed by atoms with van der Waals surface area (Å²) >= 11 is 0. The molecule has 3 aliphatic carbocycles. The maximum absolute atomic E-state index is 14.5. The number of Topliss-reactive ketones (excluding diaryl/α,β-unsaturated/α-hetero) is 2. The standard InChI is InChI=1S/C35H42O8/c1-33(2)24-15-16-25(33)30(41-21-39-4)29(37)31(38)34(3)26(17-24)35(42-19-22-11-7-5-8-12-22)20-40-32(23-13-9-6-10-14-23)43-28(35)18-27(34)36/h5-14,17,25-28,30,32,36H,15-16,18-21H2,1-4H3/b24-17+/t25-,26+,27-,28+,30-,32-,34-,35-/m1/s1. The first-order chi connectivity index (χ1) is 20.6. The highest BCUT2D eigenvalue weighted by Crippen LogP contribution is 2.59. The zero-order chi connectivity index (χ0) is 30.4. The molecular formula is C35H42O8. The summed E-state index contributed by atoms with van der Waals surface area (Å²) in [5.74, 6) is -2.21. The third kappa shape index (κ3) is 5.02. The number of allylic oxidation sites excluding steroid dienone is 1. The predicted molar refractivity (Wildman–Crippen MR) is 158 cm³/mol. The fourth-order valence-corrected chi connectivity index (χ4v) is 7.89. The van der Waals surface area contributed by atoms with Gasteiger partial charge in [-0.05, 0) is 30.7 Å². The molecule has 0 amide bonds. The SMILES string of the molecule is COCO[C@H]1C(=O)C(=O)[C@@]2(C)[C@H](O)C[C@@H]3O[C@H](c4ccccc4)OC[C@@]3(OCc3ccccc3)[C@H]2/C=C2\CC[C@H]1C2(C)C. The molecule has 0 unspecified atom stereocenters. The Kier molecular flexibility index (Phi) is 8.21. The number of carbonyl (C=O) groups excluding carboxylic acids is 2. The molecule has 43 heavy (non-hydrogen) atoms. The Morgan fingerprint density at radius 2 is 1.70 bits per heavy atom. The van der Waals surface area contributed by atoms with Crippen molar-refractivity contribution in [2.45, 2.75) is 76.8 Å². The van der Waals surface area contributed by atoms with Crippen LogP contribution in [0.3, 0.4) is 0 Å². The summed E-state index contributed by atoms with van der Waals surface area (Å²) in [6, 6.07) is 19.5. The Balaban J connectivity index is 1.48. The number of hydrogen-bond donors (Lipinski definition) is 1. The van der Waals surface area contributed by atoms with Gasteiger partial charge in [-0.15, -0.1) is 0 Å². The smallest absolute Gasteiger partial charge is 0.228 e.